The van der Waals surface area contributed by atoms with Gasteiger partial charge in [-0.3, -0.25) is 5.32 Å². The topological polar surface area (TPSA) is 82.1 Å². The summed E-state index contributed by atoms with van der Waals surface area (Å²) in [6.45, 7) is 1.51. The Labute approximate surface area is 124 Å². The molecular formula is C14H21N3O4. The SMILES string of the molecule is CN(C)CCN(C)C(=O)OCc1ccc(NC(=O)O)cc1. The zero-order valence-electron chi connectivity index (χ0n) is 12.5. The van der Waals surface area contributed by atoms with Gasteiger partial charge in [0.1, 0.15) is 6.61 Å². The van der Waals surface area contributed by atoms with Gasteiger partial charge in [-0.25, -0.2) is 9.59 Å². The van der Waals surface area contributed by atoms with Crippen molar-refractivity contribution in [2.75, 3.05) is 39.5 Å². The molecule has 0 aliphatic heterocycles. The molecule has 0 saturated carbocycles. The molecule has 21 heavy (non-hydrogen) atoms. The van der Waals surface area contributed by atoms with Gasteiger partial charge in [-0.2, -0.15) is 0 Å². The lowest BCUT2D eigenvalue weighted by Gasteiger charge is -2.19. The summed E-state index contributed by atoms with van der Waals surface area (Å²) < 4.78 is 5.17. The molecule has 1 aromatic rings. The van der Waals surface area contributed by atoms with Gasteiger partial charge in [0.15, 0.2) is 0 Å². The molecule has 1 aromatic carbocycles. The van der Waals surface area contributed by atoms with Crippen LogP contribution in [0.5, 0.6) is 0 Å². The summed E-state index contributed by atoms with van der Waals surface area (Å²) >= 11 is 0. The molecule has 0 aliphatic rings. The highest BCUT2D eigenvalue weighted by molar-refractivity contribution is 5.82. The van der Waals surface area contributed by atoms with E-state index in [1.807, 2.05) is 19.0 Å². The van der Waals surface area contributed by atoms with Crippen molar-refractivity contribution >= 4 is 17.9 Å². The van der Waals surface area contributed by atoms with Crippen LogP contribution >= 0.6 is 0 Å². The molecule has 0 aromatic heterocycles. The summed E-state index contributed by atoms with van der Waals surface area (Å²) in [5.41, 5.74) is 1.26. The van der Waals surface area contributed by atoms with Gasteiger partial charge < -0.3 is 19.6 Å². The Morgan fingerprint density at radius 2 is 1.76 bits per heavy atom. The number of carbonyl (C=O) groups is 2. The van der Waals surface area contributed by atoms with E-state index in [0.29, 0.717) is 12.2 Å². The first kappa shape index (κ1) is 16.8. The molecule has 0 bridgehead atoms. The van der Waals surface area contributed by atoms with Gasteiger partial charge >= 0.3 is 12.2 Å². The Balaban J connectivity index is 2.40. The second-order valence-electron chi connectivity index (χ2n) is 4.91. The Kier molecular flexibility index (Phi) is 6.48. The van der Waals surface area contributed by atoms with Gasteiger partial charge in [-0.05, 0) is 31.8 Å². The summed E-state index contributed by atoms with van der Waals surface area (Å²) in [5, 5.41) is 10.8. The van der Waals surface area contributed by atoms with Crippen molar-refractivity contribution in [3.8, 4) is 0 Å². The fourth-order valence-electron chi connectivity index (χ4n) is 1.50. The van der Waals surface area contributed by atoms with Crippen molar-refractivity contribution < 1.29 is 19.4 Å². The summed E-state index contributed by atoms with van der Waals surface area (Å²) in [4.78, 5) is 25.7. The second-order valence-corrected chi connectivity index (χ2v) is 4.91. The number of benzene rings is 1. The number of anilines is 1. The van der Waals surface area contributed by atoms with Crippen LogP contribution in [0.2, 0.25) is 0 Å². The van der Waals surface area contributed by atoms with Crippen molar-refractivity contribution in [3.05, 3.63) is 29.8 Å². The van der Waals surface area contributed by atoms with Crippen LogP contribution in [-0.4, -0.2) is 61.3 Å². The zero-order chi connectivity index (χ0) is 15.8. The molecule has 0 heterocycles. The molecule has 0 spiro atoms. The standard InChI is InChI=1S/C14H21N3O4/c1-16(2)8-9-17(3)14(20)21-10-11-4-6-12(7-5-11)15-13(18)19/h4-7,15H,8-10H2,1-3H3,(H,18,19). The third-order valence-corrected chi connectivity index (χ3v) is 2.76. The van der Waals surface area contributed by atoms with E-state index in [1.54, 1.807) is 31.3 Å². The lowest BCUT2D eigenvalue weighted by Crippen LogP contribution is -2.33. The Morgan fingerprint density at radius 1 is 1.14 bits per heavy atom. The smallest absolute Gasteiger partial charge is 0.409 e. The Morgan fingerprint density at radius 3 is 2.29 bits per heavy atom. The van der Waals surface area contributed by atoms with Crippen LogP contribution in [0.3, 0.4) is 0 Å². The van der Waals surface area contributed by atoms with Crippen LogP contribution in [0.1, 0.15) is 5.56 Å². The normalized spacial score (nSPS) is 10.3. The van der Waals surface area contributed by atoms with Crippen LogP contribution in [0, 0.1) is 0 Å². The van der Waals surface area contributed by atoms with Crippen LogP contribution in [0.4, 0.5) is 15.3 Å². The molecule has 0 aliphatic carbocycles. The highest BCUT2D eigenvalue weighted by Gasteiger charge is 2.10. The molecule has 0 radical (unpaired) electrons. The van der Waals surface area contributed by atoms with E-state index in [1.165, 1.54) is 4.90 Å². The number of hydrogen-bond acceptors (Lipinski definition) is 4. The lowest BCUT2D eigenvalue weighted by atomic mass is 10.2. The molecule has 7 nitrogen and oxygen atoms in total. The summed E-state index contributed by atoms with van der Waals surface area (Å²) in [6, 6.07) is 6.65. The molecule has 2 amide bonds. The van der Waals surface area contributed by atoms with Crippen molar-refractivity contribution in [3.63, 3.8) is 0 Å². The summed E-state index contributed by atoms with van der Waals surface area (Å²) in [6.07, 6.45) is -1.50. The number of carboxylic acid groups (broad SMARTS) is 1. The van der Waals surface area contributed by atoms with Crippen LogP contribution in [0.15, 0.2) is 24.3 Å². The van der Waals surface area contributed by atoms with Gasteiger partial charge in [0.25, 0.3) is 0 Å². The molecule has 2 N–H and O–H groups in total. The molecule has 0 unspecified atom stereocenters. The largest absolute Gasteiger partial charge is 0.465 e. The highest BCUT2D eigenvalue weighted by Crippen LogP contribution is 2.10. The number of nitrogens with one attached hydrogen (secondary N) is 1. The number of carbonyl (C=O) groups excluding carboxylic acids is 1. The average Bonchev–Trinajstić information content (AvgIpc) is 2.43. The van der Waals surface area contributed by atoms with Crippen molar-refractivity contribution in [1.82, 2.24) is 9.80 Å². The monoisotopic (exact) mass is 295 g/mol. The van der Waals surface area contributed by atoms with Gasteiger partial charge in [-0.15, -0.1) is 0 Å². The molecule has 116 valence electrons. The molecular weight excluding hydrogens is 274 g/mol. The van der Waals surface area contributed by atoms with E-state index in [-0.39, 0.29) is 12.7 Å². The minimum atomic E-state index is -1.11. The fraction of sp³-hybridized carbons (Fsp3) is 0.429. The first-order valence-electron chi connectivity index (χ1n) is 6.50. The maximum absolute atomic E-state index is 11.7. The molecule has 7 heteroatoms. The van der Waals surface area contributed by atoms with Crippen molar-refractivity contribution in [2.24, 2.45) is 0 Å². The number of likely N-dealkylation sites (N-methyl/N-ethyl adjacent to an activating group) is 2. The van der Waals surface area contributed by atoms with E-state index in [0.717, 1.165) is 12.1 Å². The second kappa shape index (κ2) is 8.11. The quantitative estimate of drug-likeness (QED) is 0.837. The number of amides is 2. The van der Waals surface area contributed by atoms with E-state index in [4.69, 9.17) is 9.84 Å². The van der Waals surface area contributed by atoms with Crippen molar-refractivity contribution in [2.45, 2.75) is 6.61 Å². The molecule has 0 fully saturated rings. The highest BCUT2D eigenvalue weighted by atomic mass is 16.6. The summed E-state index contributed by atoms with van der Waals surface area (Å²) in [7, 11) is 5.56. The third-order valence-electron chi connectivity index (χ3n) is 2.76. The van der Waals surface area contributed by atoms with Crippen LogP contribution in [0.25, 0.3) is 0 Å². The average molecular weight is 295 g/mol. The summed E-state index contributed by atoms with van der Waals surface area (Å²) in [5.74, 6) is 0. The maximum Gasteiger partial charge on any atom is 0.409 e. The number of ether oxygens (including phenoxy) is 1. The lowest BCUT2D eigenvalue weighted by molar-refractivity contribution is 0.102. The molecule has 1 rings (SSSR count). The minimum absolute atomic E-state index is 0.151. The van der Waals surface area contributed by atoms with E-state index < -0.39 is 6.09 Å². The number of nitrogens with zero attached hydrogens (tertiary/aromatic N) is 2. The van der Waals surface area contributed by atoms with Crippen molar-refractivity contribution in [1.29, 1.82) is 0 Å². The van der Waals surface area contributed by atoms with Crippen LogP contribution < -0.4 is 5.32 Å². The Bertz CT molecular complexity index is 474. The maximum atomic E-state index is 11.7. The minimum Gasteiger partial charge on any atom is -0.465 e. The first-order chi connectivity index (χ1) is 9.88. The predicted octanol–water partition coefficient (Wildman–Crippen LogP) is 1.91. The number of hydrogen-bond donors (Lipinski definition) is 2. The van der Waals surface area contributed by atoms with Gasteiger partial charge in [0.05, 0.1) is 0 Å². The molecule has 0 atom stereocenters. The third kappa shape index (κ3) is 6.62. The predicted molar refractivity (Wildman–Crippen MR) is 79.5 cm³/mol. The van der Waals surface area contributed by atoms with Gasteiger partial charge in [-0.1, -0.05) is 12.1 Å². The zero-order valence-corrected chi connectivity index (χ0v) is 12.5. The Hall–Kier alpha value is -2.28. The van der Waals surface area contributed by atoms with Gasteiger partial charge in [0, 0.05) is 25.8 Å². The first-order valence-corrected chi connectivity index (χ1v) is 6.50. The van der Waals surface area contributed by atoms with Gasteiger partial charge in [0.2, 0.25) is 0 Å². The molecule has 0 saturated heterocycles. The van der Waals surface area contributed by atoms with E-state index in [9.17, 15) is 9.59 Å². The fourth-order valence-corrected chi connectivity index (χ4v) is 1.50. The van der Waals surface area contributed by atoms with E-state index >= 15 is 0 Å². The van der Waals surface area contributed by atoms with E-state index in [2.05, 4.69) is 5.32 Å². The van der Waals surface area contributed by atoms with Crippen LogP contribution in [-0.2, 0) is 11.3 Å². The number of rotatable bonds is 6.